The van der Waals surface area contributed by atoms with E-state index < -0.39 is 0 Å². The molecule has 8 heteroatoms. The Morgan fingerprint density at radius 2 is 1.71 bits per heavy atom. The lowest BCUT2D eigenvalue weighted by atomic mass is 10.1. The highest BCUT2D eigenvalue weighted by Crippen LogP contribution is 2.21. The van der Waals surface area contributed by atoms with Gasteiger partial charge in [0.2, 0.25) is 0 Å². The summed E-state index contributed by atoms with van der Waals surface area (Å²) in [6, 6.07) is 25.2. The van der Waals surface area contributed by atoms with E-state index in [1.807, 2.05) is 43.3 Å². The highest BCUT2D eigenvalue weighted by molar-refractivity contribution is 7.80. The minimum Gasteiger partial charge on any atom is -0.489 e. The number of thiocarbonyl (C=S) groups is 1. The molecule has 0 aliphatic carbocycles. The average Bonchev–Trinajstić information content (AvgIpc) is 3.40. The van der Waals surface area contributed by atoms with Crippen LogP contribution in [0.25, 0.3) is 0 Å². The number of benzene rings is 3. The maximum atomic E-state index is 12.7. The number of furan rings is 1. The SMILES string of the molecule is Cc1cc(NC(=S)NC(=O)c2cccc(OCc3ccccc3)c2)ccc1NC(=O)c1ccco1. The first-order chi connectivity index (χ1) is 17.0. The number of amides is 2. The largest absolute Gasteiger partial charge is 0.489 e. The van der Waals surface area contributed by atoms with Gasteiger partial charge in [0.25, 0.3) is 11.8 Å². The first-order valence-electron chi connectivity index (χ1n) is 10.8. The Morgan fingerprint density at radius 1 is 0.886 bits per heavy atom. The summed E-state index contributed by atoms with van der Waals surface area (Å²) in [6.45, 7) is 2.26. The Labute approximate surface area is 208 Å². The van der Waals surface area contributed by atoms with Crippen LogP contribution in [-0.4, -0.2) is 16.9 Å². The van der Waals surface area contributed by atoms with Gasteiger partial charge in [-0.05, 0) is 78.8 Å². The number of hydrogen-bond acceptors (Lipinski definition) is 5. The zero-order chi connectivity index (χ0) is 24.6. The molecular formula is C27H23N3O4S. The lowest BCUT2D eigenvalue weighted by Gasteiger charge is -2.13. The Balaban J connectivity index is 1.32. The number of ether oxygens (including phenoxy) is 1. The van der Waals surface area contributed by atoms with Crippen molar-refractivity contribution in [2.75, 3.05) is 10.6 Å². The molecule has 0 bridgehead atoms. The first kappa shape index (κ1) is 23.7. The average molecular weight is 486 g/mol. The van der Waals surface area contributed by atoms with Gasteiger partial charge in [0.1, 0.15) is 12.4 Å². The zero-order valence-electron chi connectivity index (χ0n) is 18.9. The van der Waals surface area contributed by atoms with Crippen LogP contribution in [0.15, 0.2) is 95.6 Å². The van der Waals surface area contributed by atoms with Crippen molar-refractivity contribution in [1.29, 1.82) is 0 Å². The Morgan fingerprint density at radius 3 is 2.46 bits per heavy atom. The van der Waals surface area contributed by atoms with Crippen LogP contribution in [0, 0.1) is 6.92 Å². The molecule has 0 fully saturated rings. The molecule has 4 rings (SSSR count). The predicted molar refractivity (Wildman–Crippen MR) is 139 cm³/mol. The maximum absolute atomic E-state index is 12.7. The fourth-order valence-corrected chi connectivity index (χ4v) is 3.49. The summed E-state index contributed by atoms with van der Waals surface area (Å²) in [5.74, 6) is 0.122. The van der Waals surface area contributed by atoms with Gasteiger partial charge < -0.3 is 19.8 Å². The van der Waals surface area contributed by atoms with E-state index in [0.29, 0.717) is 29.3 Å². The van der Waals surface area contributed by atoms with Crippen LogP contribution in [0.2, 0.25) is 0 Å². The lowest BCUT2D eigenvalue weighted by Crippen LogP contribution is -2.34. The normalized spacial score (nSPS) is 10.3. The standard InChI is InChI=1S/C27H23N3O4S/c1-18-15-21(12-13-23(18)29-26(32)24-11-6-14-33-24)28-27(35)30-25(31)20-9-5-10-22(16-20)34-17-19-7-3-2-4-8-19/h2-16H,17H2,1H3,(H,29,32)(H2,28,30,31,35). The highest BCUT2D eigenvalue weighted by Gasteiger charge is 2.12. The van der Waals surface area contributed by atoms with E-state index >= 15 is 0 Å². The molecular weight excluding hydrogens is 462 g/mol. The molecule has 0 radical (unpaired) electrons. The predicted octanol–water partition coefficient (Wildman–Crippen LogP) is 5.55. The number of nitrogens with one attached hydrogen (secondary N) is 3. The molecule has 1 aromatic heterocycles. The van der Waals surface area contributed by atoms with E-state index in [-0.39, 0.29) is 22.7 Å². The molecule has 4 aromatic rings. The summed E-state index contributed by atoms with van der Waals surface area (Å²) in [4.78, 5) is 24.9. The van der Waals surface area contributed by atoms with E-state index in [9.17, 15) is 9.59 Å². The van der Waals surface area contributed by atoms with E-state index in [1.54, 1.807) is 48.5 Å². The van der Waals surface area contributed by atoms with Crippen molar-refractivity contribution in [3.05, 3.63) is 114 Å². The Hall–Kier alpha value is -4.43. The third-order valence-corrected chi connectivity index (χ3v) is 5.25. The van der Waals surface area contributed by atoms with Crippen molar-refractivity contribution in [2.45, 2.75) is 13.5 Å². The molecule has 0 atom stereocenters. The van der Waals surface area contributed by atoms with Crippen LogP contribution >= 0.6 is 12.2 Å². The second-order valence-electron chi connectivity index (χ2n) is 7.67. The van der Waals surface area contributed by atoms with E-state index in [4.69, 9.17) is 21.4 Å². The summed E-state index contributed by atoms with van der Waals surface area (Å²) in [7, 11) is 0. The van der Waals surface area contributed by atoms with Crippen molar-refractivity contribution >= 4 is 40.5 Å². The van der Waals surface area contributed by atoms with Crippen molar-refractivity contribution < 1.29 is 18.7 Å². The number of carbonyl (C=O) groups excluding carboxylic acids is 2. The van der Waals surface area contributed by atoms with Crippen LogP contribution in [0.5, 0.6) is 5.75 Å². The van der Waals surface area contributed by atoms with Gasteiger partial charge in [-0.1, -0.05) is 36.4 Å². The molecule has 0 saturated carbocycles. The van der Waals surface area contributed by atoms with Gasteiger partial charge in [-0.25, -0.2) is 0 Å². The second-order valence-corrected chi connectivity index (χ2v) is 8.08. The van der Waals surface area contributed by atoms with Gasteiger partial charge in [0.05, 0.1) is 6.26 Å². The van der Waals surface area contributed by atoms with E-state index in [1.165, 1.54) is 6.26 Å². The number of rotatable bonds is 7. The Kier molecular flexibility index (Phi) is 7.54. The fourth-order valence-electron chi connectivity index (χ4n) is 3.28. The van der Waals surface area contributed by atoms with Crippen molar-refractivity contribution in [3.63, 3.8) is 0 Å². The van der Waals surface area contributed by atoms with Crippen LogP contribution in [0.4, 0.5) is 11.4 Å². The number of hydrogen-bond donors (Lipinski definition) is 3. The highest BCUT2D eigenvalue weighted by atomic mass is 32.1. The molecule has 2 amide bonds. The maximum Gasteiger partial charge on any atom is 0.291 e. The topological polar surface area (TPSA) is 92.6 Å². The molecule has 3 N–H and O–H groups in total. The van der Waals surface area contributed by atoms with Crippen molar-refractivity contribution in [2.24, 2.45) is 0 Å². The minimum atomic E-state index is -0.355. The van der Waals surface area contributed by atoms with Crippen molar-refractivity contribution in [3.8, 4) is 5.75 Å². The van der Waals surface area contributed by atoms with Crippen molar-refractivity contribution in [1.82, 2.24) is 5.32 Å². The molecule has 0 aliphatic rings. The zero-order valence-corrected chi connectivity index (χ0v) is 19.7. The van der Waals surface area contributed by atoms with Gasteiger partial charge >= 0.3 is 0 Å². The van der Waals surface area contributed by atoms with Gasteiger partial charge in [0.15, 0.2) is 10.9 Å². The quantitative estimate of drug-likeness (QED) is 0.298. The lowest BCUT2D eigenvalue weighted by molar-refractivity contribution is 0.0974. The Bertz CT molecular complexity index is 1340. The number of carbonyl (C=O) groups is 2. The van der Waals surface area contributed by atoms with Gasteiger partial charge in [-0.15, -0.1) is 0 Å². The molecule has 3 aromatic carbocycles. The molecule has 0 saturated heterocycles. The van der Waals surface area contributed by atoms with Crippen LogP contribution in [-0.2, 0) is 6.61 Å². The van der Waals surface area contributed by atoms with Crippen LogP contribution < -0.4 is 20.7 Å². The van der Waals surface area contributed by atoms with E-state index in [0.717, 1.165) is 11.1 Å². The summed E-state index contributed by atoms with van der Waals surface area (Å²) < 4.78 is 10.9. The first-order valence-corrected chi connectivity index (χ1v) is 11.2. The molecule has 7 nitrogen and oxygen atoms in total. The molecule has 176 valence electrons. The van der Waals surface area contributed by atoms with Gasteiger partial charge in [-0.3, -0.25) is 14.9 Å². The molecule has 35 heavy (non-hydrogen) atoms. The molecule has 0 aliphatic heterocycles. The third-order valence-electron chi connectivity index (χ3n) is 5.05. The summed E-state index contributed by atoms with van der Waals surface area (Å²) in [5, 5.41) is 8.61. The summed E-state index contributed by atoms with van der Waals surface area (Å²) in [6.07, 6.45) is 1.44. The number of aryl methyl sites for hydroxylation is 1. The fraction of sp³-hybridized carbons (Fsp3) is 0.0741. The summed E-state index contributed by atoms with van der Waals surface area (Å²) in [5.41, 5.74) is 3.58. The minimum absolute atomic E-state index is 0.150. The number of anilines is 2. The smallest absolute Gasteiger partial charge is 0.291 e. The monoisotopic (exact) mass is 485 g/mol. The second kappa shape index (κ2) is 11.1. The van der Waals surface area contributed by atoms with Crippen LogP contribution in [0.3, 0.4) is 0 Å². The van der Waals surface area contributed by atoms with E-state index in [2.05, 4.69) is 16.0 Å². The summed E-state index contributed by atoms with van der Waals surface area (Å²) >= 11 is 5.30. The van der Waals surface area contributed by atoms with Gasteiger partial charge in [0, 0.05) is 16.9 Å². The third kappa shape index (κ3) is 6.55. The van der Waals surface area contributed by atoms with Crippen LogP contribution in [0.1, 0.15) is 32.0 Å². The molecule has 0 unspecified atom stereocenters. The molecule has 0 spiro atoms. The molecule has 1 heterocycles. The van der Waals surface area contributed by atoms with Gasteiger partial charge in [-0.2, -0.15) is 0 Å².